The Hall–Kier alpha value is -0.190. The first-order valence-electron chi connectivity index (χ1n) is 5.89. The van der Waals surface area contributed by atoms with Gasteiger partial charge in [-0.3, -0.25) is 0 Å². The van der Waals surface area contributed by atoms with Gasteiger partial charge in [0, 0.05) is 13.0 Å². The van der Waals surface area contributed by atoms with Crippen molar-refractivity contribution in [3.8, 4) is 0 Å². The van der Waals surface area contributed by atoms with Crippen molar-refractivity contribution >= 4 is 27.5 Å². The highest BCUT2D eigenvalue weighted by Crippen LogP contribution is 2.39. The van der Waals surface area contributed by atoms with Crippen molar-refractivity contribution in [1.82, 2.24) is 9.97 Å². The molecule has 1 fully saturated rings. The summed E-state index contributed by atoms with van der Waals surface area (Å²) in [6.07, 6.45) is 4.79. The maximum atomic E-state index is 6.14. The van der Waals surface area contributed by atoms with Crippen LogP contribution in [0.5, 0.6) is 0 Å². The Morgan fingerprint density at radius 2 is 2.00 bits per heavy atom. The van der Waals surface area contributed by atoms with Gasteiger partial charge in [0.15, 0.2) is 5.82 Å². The SMILES string of the molecule is COC(C)c1nc(Cl)c(Br)c(C2CCCC2)n1. The van der Waals surface area contributed by atoms with E-state index in [-0.39, 0.29) is 6.10 Å². The predicted molar refractivity (Wildman–Crippen MR) is 71.4 cm³/mol. The molecule has 5 heteroatoms. The number of aromatic nitrogens is 2. The molecule has 1 aromatic heterocycles. The first-order chi connectivity index (χ1) is 8.13. The number of rotatable bonds is 3. The number of methoxy groups -OCH3 is 1. The van der Waals surface area contributed by atoms with Gasteiger partial charge in [-0.25, -0.2) is 9.97 Å². The number of hydrogen-bond donors (Lipinski definition) is 0. The van der Waals surface area contributed by atoms with Gasteiger partial charge in [-0.1, -0.05) is 24.4 Å². The average molecular weight is 320 g/mol. The number of nitrogens with zero attached hydrogens (tertiary/aromatic N) is 2. The zero-order chi connectivity index (χ0) is 12.4. The highest BCUT2D eigenvalue weighted by Gasteiger charge is 2.24. The van der Waals surface area contributed by atoms with E-state index in [9.17, 15) is 0 Å². The smallest absolute Gasteiger partial charge is 0.158 e. The van der Waals surface area contributed by atoms with Crippen molar-refractivity contribution in [3.63, 3.8) is 0 Å². The Balaban J connectivity index is 2.38. The molecule has 1 saturated carbocycles. The summed E-state index contributed by atoms with van der Waals surface area (Å²) >= 11 is 9.64. The van der Waals surface area contributed by atoms with Crippen LogP contribution in [0.25, 0.3) is 0 Å². The topological polar surface area (TPSA) is 35.0 Å². The fourth-order valence-electron chi connectivity index (χ4n) is 2.21. The molecule has 1 unspecified atom stereocenters. The van der Waals surface area contributed by atoms with Crippen LogP contribution in [0.4, 0.5) is 0 Å². The standard InChI is InChI=1S/C12H16BrClN2O/c1-7(17-2)12-15-10(8-5-3-4-6-8)9(13)11(14)16-12/h7-8H,3-6H2,1-2H3. The van der Waals surface area contributed by atoms with E-state index in [2.05, 4.69) is 25.9 Å². The van der Waals surface area contributed by atoms with E-state index in [4.69, 9.17) is 16.3 Å². The molecule has 94 valence electrons. The van der Waals surface area contributed by atoms with Crippen molar-refractivity contribution in [1.29, 1.82) is 0 Å². The highest BCUT2D eigenvalue weighted by molar-refractivity contribution is 9.10. The molecular weight excluding hydrogens is 304 g/mol. The molecule has 0 aliphatic heterocycles. The first-order valence-corrected chi connectivity index (χ1v) is 7.06. The van der Waals surface area contributed by atoms with Crippen molar-refractivity contribution in [2.45, 2.75) is 44.6 Å². The van der Waals surface area contributed by atoms with Gasteiger partial charge < -0.3 is 4.74 Å². The summed E-state index contributed by atoms with van der Waals surface area (Å²) in [5.74, 6) is 1.18. The maximum absolute atomic E-state index is 6.14. The lowest BCUT2D eigenvalue weighted by Crippen LogP contribution is -2.08. The fourth-order valence-corrected chi connectivity index (χ4v) is 2.89. The van der Waals surface area contributed by atoms with Gasteiger partial charge >= 0.3 is 0 Å². The van der Waals surface area contributed by atoms with Crippen LogP contribution >= 0.6 is 27.5 Å². The fraction of sp³-hybridized carbons (Fsp3) is 0.667. The number of halogens is 2. The minimum atomic E-state index is -0.124. The summed E-state index contributed by atoms with van der Waals surface area (Å²) in [5.41, 5.74) is 1.04. The van der Waals surface area contributed by atoms with E-state index in [1.807, 2.05) is 6.92 Å². The van der Waals surface area contributed by atoms with Crippen molar-refractivity contribution in [2.24, 2.45) is 0 Å². The minimum absolute atomic E-state index is 0.124. The summed E-state index contributed by atoms with van der Waals surface area (Å²) in [4.78, 5) is 8.88. The molecule has 0 saturated heterocycles. The van der Waals surface area contributed by atoms with Crippen LogP contribution in [0, 0.1) is 0 Å². The molecular formula is C12H16BrClN2O. The van der Waals surface area contributed by atoms with Gasteiger partial charge in [-0.05, 0) is 35.7 Å². The lowest BCUT2D eigenvalue weighted by Gasteiger charge is -2.15. The lowest BCUT2D eigenvalue weighted by molar-refractivity contribution is 0.111. The average Bonchev–Trinajstić information content (AvgIpc) is 2.85. The molecule has 1 heterocycles. The second-order valence-electron chi connectivity index (χ2n) is 4.43. The Morgan fingerprint density at radius 3 is 2.59 bits per heavy atom. The third kappa shape index (κ3) is 2.80. The van der Waals surface area contributed by atoms with Crippen molar-refractivity contribution < 1.29 is 4.74 Å². The summed E-state index contributed by atoms with van der Waals surface area (Å²) in [5, 5.41) is 0.487. The van der Waals surface area contributed by atoms with Crippen LogP contribution in [-0.2, 0) is 4.74 Å². The quantitative estimate of drug-likeness (QED) is 0.781. The third-order valence-corrected chi connectivity index (χ3v) is 4.60. The monoisotopic (exact) mass is 318 g/mol. The zero-order valence-electron chi connectivity index (χ0n) is 10.0. The second-order valence-corrected chi connectivity index (χ2v) is 5.58. The van der Waals surface area contributed by atoms with Crippen LogP contribution in [0.3, 0.4) is 0 Å². The van der Waals surface area contributed by atoms with E-state index in [0.717, 1.165) is 10.2 Å². The molecule has 0 bridgehead atoms. The Morgan fingerprint density at radius 1 is 1.35 bits per heavy atom. The van der Waals surface area contributed by atoms with Crippen LogP contribution in [0.1, 0.15) is 56.1 Å². The lowest BCUT2D eigenvalue weighted by atomic mass is 10.0. The van der Waals surface area contributed by atoms with Gasteiger partial charge in [0.25, 0.3) is 0 Å². The van der Waals surface area contributed by atoms with Gasteiger partial charge in [-0.15, -0.1) is 0 Å². The minimum Gasteiger partial charge on any atom is -0.374 e. The van der Waals surface area contributed by atoms with E-state index in [1.165, 1.54) is 25.7 Å². The van der Waals surface area contributed by atoms with Crippen LogP contribution in [-0.4, -0.2) is 17.1 Å². The van der Waals surface area contributed by atoms with Crippen LogP contribution in [0.15, 0.2) is 4.47 Å². The Labute approximate surface area is 115 Å². The largest absolute Gasteiger partial charge is 0.374 e. The number of hydrogen-bond acceptors (Lipinski definition) is 3. The van der Waals surface area contributed by atoms with E-state index in [0.29, 0.717) is 16.9 Å². The van der Waals surface area contributed by atoms with Gasteiger partial charge in [0.1, 0.15) is 11.3 Å². The molecule has 2 rings (SSSR count). The first kappa shape index (κ1) is 13.2. The highest BCUT2D eigenvalue weighted by atomic mass is 79.9. The van der Waals surface area contributed by atoms with Gasteiger partial charge in [0.2, 0.25) is 0 Å². The van der Waals surface area contributed by atoms with Gasteiger partial charge in [0.05, 0.1) is 10.2 Å². The van der Waals surface area contributed by atoms with E-state index < -0.39 is 0 Å². The second kappa shape index (κ2) is 5.63. The molecule has 3 nitrogen and oxygen atoms in total. The third-order valence-electron chi connectivity index (χ3n) is 3.31. The molecule has 17 heavy (non-hydrogen) atoms. The van der Waals surface area contributed by atoms with Crippen molar-refractivity contribution in [3.05, 3.63) is 21.1 Å². The van der Waals surface area contributed by atoms with E-state index >= 15 is 0 Å². The zero-order valence-corrected chi connectivity index (χ0v) is 12.4. The molecule has 0 spiro atoms. The molecule has 1 aliphatic rings. The normalized spacial score (nSPS) is 18.6. The molecule has 0 radical (unpaired) electrons. The van der Waals surface area contributed by atoms with E-state index in [1.54, 1.807) is 7.11 Å². The molecule has 1 atom stereocenters. The van der Waals surface area contributed by atoms with Crippen LogP contribution < -0.4 is 0 Å². The summed E-state index contributed by atoms with van der Waals surface area (Å²) in [7, 11) is 1.65. The molecule has 0 amide bonds. The van der Waals surface area contributed by atoms with Crippen molar-refractivity contribution in [2.75, 3.05) is 7.11 Å². The summed E-state index contributed by atoms with van der Waals surface area (Å²) < 4.78 is 6.10. The molecule has 1 aliphatic carbocycles. The number of ether oxygens (including phenoxy) is 1. The maximum Gasteiger partial charge on any atom is 0.158 e. The van der Waals surface area contributed by atoms with Gasteiger partial charge in [-0.2, -0.15) is 0 Å². The molecule has 0 N–H and O–H groups in total. The van der Waals surface area contributed by atoms with Crippen LogP contribution in [0.2, 0.25) is 5.15 Å². The summed E-state index contributed by atoms with van der Waals surface area (Å²) in [6.45, 7) is 1.93. The predicted octanol–water partition coefficient (Wildman–Crippen LogP) is 4.26. The molecule has 0 aromatic carbocycles. The Kier molecular flexibility index (Phi) is 4.39. The summed E-state index contributed by atoms with van der Waals surface area (Å²) in [6, 6.07) is 0. The molecule has 1 aromatic rings. The Bertz CT molecular complexity index is 408.